The van der Waals surface area contributed by atoms with Crippen LogP contribution in [0.25, 0.3) is 0 Å². The first-order valence-electron chi connectivity index (χ1n) is 8.74. The molecular weight excluding hydrogens is 288 g/mol. The second-order valence-corrected chi connectivity index (χ2v) is 6.61. The second-order valence-electron chi connectivity index (χ2n) is 6.61. The lowest BCUT2D eigenvalue weighted by Gasteiger charge is -2.33. The minimum atomic E-state index is -0.0799. The summed E-state index contributed by atoms with van der Waals surface area (Å²) < 4.78 is 0. The molecule has 4 heteroatoms. The number of hydrogen-bond donors (Lipinski definition) is 1. The van der Waals surface area contributed by atoms with E-state index in [9.17, 15) is 9.59 Å². The first kappa shape index (κ1) is 17.5. The first-order valence-corrected chi connectivity index (χ1v) is 8.74. The maximum Gasteiger partial charge on any atom is 0.254 e. The van der Waals surface area contributed by atoms with E-state index in [0.717, 1.165) is 19.4 Å². The highest BCUT2D eigenvalue weighted by molar-refractivity contribution is 5.97. The van der Waals surface area contributed by atoms with Gasteiger partial charge in [-0.2, -0.15) is 0 Å². The maximum atomic E-state index is 12.9. The van der Waals surface area contributed by atoms with Crippen LogP contribution in [0, 0.1) is 5.92 Å². The van der Waals surface area contributed by atoms with E-state index < -0.39 is 0 Å². The zero-order chi connectivity index (χ0) is 16.8. The third kappa shape index (κ3) is 4.57. The average molecular weight is 316 g/mol. The van der Waals surface area contributed by atoms with E-state index in [4.69, 9.17) is 0 Å². The number of amides is 2. The van der Waals surface area contributed by atoms with E-state index in [1.165, 1.54) is 19.3 Å². The van der Waals surface area contributed by atoms with E-state index >= 15 is 0 Å². The van der Waals surface area contributed by atoms with Crippen LogP contribution in [0.4, 0.5) is 5.69 Å². The number of nitrogens with zero attached hydrogens (tertiary/aromatic N) is 1. The van der Waals surface area contributed by atoms with Gasteiger partial charge in [-0.15, -0.1) is 0 Å². The summed E-state index contributed by atoms with van der Waals surface area (Å²) >= 11 is 0. The summed E-state index contributed by atoms with van der Waals surface area (Å²) in [4.78, 5) is 26.7. The summed E-state index contributed by atoms with van der Waals surface area (Å²) in [5.74, 6) is -0.0435. The first-order chi connectivity index (χ1) is 11.0. The quantitative estimate of drug-likeness (QED) is 0.890. The fourth-order valence-corrected chi connectivity index (χ4v) is 3.14. The van der Waals surface area contributed by atoms with E-state index in [2.05, 4.69) is 5.32 Å². The van der Waals surface area contributed by atoms with Gasteiger partial charge in [0.05, 0.1) is 0 Å². The van der Waals surface area contributed by atoms with E-state index in [-0.39, 0.29) is 17.7 Å². The monoisotopic (exact) mass is 316 g/mol. The molecule has 0 heterocycles. The van der Waals surface area contributed by atoms with Crippen molar-refractivity contribution in [2.45, 2.75) is 58.9 Å². The molecule has 1 aliphatic rings. The number of nitrogens with one attached hydrogen (secondary N) is 1. The molecule has 1 fully saturated rings. The number of carbonyl (C=O) groups excluding carboxylic acids is 2. The standard InChI is InChI=1S/C19H28N2O2/c1-4-21(17-11-6-5-7-12-17)19(23)15-9-8-10-16(13-15)20-18(22)14(2)3/h8-10,13-14,17H,4-7,11-12H2,1-3H3,(H,20,22). The molecule has 0 aliphatic heterocycles. The summed E-state index contributed by atoms with van der Waals surface area (Å²) in [7, 11) is 0. The fraction of sp³-hybridized carbons (Fsp3) is 0.579. The lowest BCUT2D eigenvalue weighted by molar-refractivity contribution is -0.118. The number of benzene rings is 1. The van der Waals surface area contributed by atoms with Gasteiger partial charge in [0.25, 0.3) is 5.91 Å². The van der Waals surface area contributed by atoms with Crippen LogP contribution in [-0.4, -0.2) is 29.3 Å². The number of rotatable bonds is 5. The Balaban J connectivity index is 2.12. The van der Waals surface area contributed by atoms with Crippen molar-refractivity contribution in [3.63, 3.8) is 0 Å². The van der Waals surface area contributed by atoms with Gasteiger partial charge < -0.3 is 10.2 Å². The Morgan fingerprint density at radius 3 is 2.52 bits per heavy atom. The highest BCUT2D eigenvalue weighted by Crippen LogP contribution is 2.24. The van der Waals surface area contributed by atoms with E-state index in [1.54, 1.807) is 6.07 Å². The van der Waals surface area contributed by atoms with Crippen molar-refractivity contribution in [1.82, 2.24) is 4.90 Å². The lowest BCUT2D eigenvalue weighted by atomic mass is 9.93. The van der Waals surface area contributed by atoms with Crippen LogP contribution in [0.5, 0.6) is 0 Å². The van der Waals surface area contributed by atoms with Crippen molar-refractivity contribution < 1.29 is 9.59 Å². The van der Waals surface area contributed by atoms with Gasteiger partial charge in [-0.1, -0.05) is 39.2 Å². The predicted octanol–water partition coefficient (Wildman–Crippen LogP) is 4.08. The largest absolute Gasteiger partial charge is 0.336 e. The molecule has 0 aromatic heterocycles. The zero-order valence-corrected chi connectivity index (χ0v) is 14.5. The molecule has 2 amide bonds. The van der Waals surface area contributed by atoms with Crippen molar-refractivity contribution >= 4 is 17.5 Å². The van der Waals surface area contributed by atoms with Crippen LogP contribution >= 0.6 is 0 Å². The lowest BCUT2D eigenvalue weighted by Crippen LogP contribution is -2.41. The van der Waals surface area contributed by atoms with Gasteiger partial charge in [0.1, 0.15) is 0 Å². The summed E-state index contributed by atoms with van der Waals surface area (Å²) in [6.07, 6.45) is 5.89. The minimum absolute atomic E-state index is 0.0331. The number of carbonyl (C=O) groups is 2. The summed E-state index contributed by atoms with van der Waals surface area (Å²) in [5, 5.41) is 2.86. The van der Waals surface area contributed by atoms with Crippen molar-refractivity contribution in [2.75, 3.05) is 11.9 Å². The van der Waals surface area contributed by atoms with E-state index in [1.807, 2.05) is 43.9 Å². The zero-order valence-electron chi connectivity index (χ0n) is 14.5. The Bertz CT molecular complexity index is 548. The molecule has 23 heavy (non-hydrogen) atoms. The Hall–Kier alpha value is -1.84. The third-order valence-electron chi connectivity index (χ3n) is 4.52. The smallest absolute Gasteiger partial charge is 0.254 e. The number of hydrogen-bond acceptors (Lipinski definition) is 2. The summed E-state index contributed by atoms with van der Waals surface area (Å²) in [5.41, 5.74) is 1.34. The Morgan fingerprint density at radius 1 is 1.22 bits per heavy atom. The summed E-state index contributed by atoms with van der Waals surface area (Å²) in [6, 6.07) is 7.63. The molecule has 0 radical (unpaired) electrons. The van der Waals surface area contributed by atoms with Gasteiger partial charge in [0, 0.05) is 29.8 Å². The van der Waals surface area contributed by atoms with Gasteiger partial charge >= 0.3 is 0 Å². The molecule has 1 aliphatic carbocycles. The van der Waals surface area contributed by atoms with E-state index in [0.29, 0.717) is 17.3 Å². The van der Waals surface area contributed by atoms with Crippen LogP contribution in [-0.2, 0) is 4.79 Å². The third-order valence-corrected chi connectivity index (χ3v) is 4.52. The molecule has 0 saturated heterocycles. The van der Waals surface area contributed by atoms with Crippen molar-refractivity contribution in [2.24, 2.45) is 5.92 Å². The van der Waals surface area contributed by atoms with Gasteiger partial charge in [0.15, 0.2) is 0 Å². The minimum Gasteiger partial charge on any atom is -0.336 e. The van der Waals surface area contributed by atoms with Gasteiger partial charge in [-0.25, -0.2) is 0 Å². The second kappa shape index (κ2) is 8.14. The van der Waals surface area contributed by atoms with Crippen LogP contribution in [0.2, 0.25) is 0 Å². The molecule has 0 unspecified atom stereocenters. The average Bonchev–Trinajstić information content (AvgIpc) is 2.56. The van der Waals surface area contributed by atoms with Crippen molar-refractivity contribution in [3.8, 4) is 0 Å². The molecule has 2 rings (SSSR count). The van der Waals surface area contributed by atoms with Crippen LogP contribution in [0.1, 0.15) is 63.2 Å². The molecule has 0 bridgehead atoms. The SMILES string of the molecule is CCN(C(=O)c1cccc(NC(=O)C(C)C)c1)C1CCCCC1. The highest BCUT2D eigenvalue weighted by Gasteiger charge is 2.25. The van der Waals surface area contributed by atoms with Crippen molar-refractivity contribution in [1.29, 1.82) is 0 Å². The Morgan fingerprint density at radius 2 is 1.91 bits per heavy atom. The molecule has 1 saturated carbocycles. The molecule has 1 aromatic carbocycles. The summed E-state index contributed by atoms with van der Waals surface area (Å²) in [6.45, 7) is 6.47. The van der Waals surface area contributed by atoms with Crippen LogP contribution in [0.15, 0.2) is 24.3 Å². The van der Waals surface area contributed by atoms with Gasteiger partial charge in [0.2, 0.25) is 5.91 Å². The number of anilines is 1. The molecule has 0 atom stereocenters. The van der Waals surface area contributed by atoms with Gasteiger partial charge in [-0.3, -0.25) is 9.59 Å². The van der Waals surface area contributed by atoms with Crippen LogP contribution in [0.3, 0.4) is 0 Å². The molecule has 4 nitrogen and oxygen atoms in total. The van der Waals surface area contributed by atoms with Gasteiger partial charge in [-0.05, 0) is 38.0 Å². The molecule has 1 aromatic rings. The highest BCUT2D eigenvalue weighted by atomic mass is 16.2. The predicted molar refractivity (Wildman–Crippen MR) is 93.5 cm³/mol. The normalized spacial score (nSPS) is 15.5. The van der Waals surface area contributed by atoms with Crippen LogP contribution < -0.4 is 5.32 Å². The molecule has 126 valence electrons. The maximum absolute atomic E-state index is 12.9. The molecule has 1 N–H and O–H groups in total. The molecular formula is C19H28N2O2. The van der Waals surface area contributed by atoms with Crippen molar-refractivity contribution in [3.05, 3.63) is 29.8 Å². The topological polar surface area (TPSA) is 49.4 Å². The Labute approximate surface area is 139 Å². The molecule has 0 spiro atoms. The fourth-order valence-electron chi connectivity index (χ4n) is 3.14. The Kier molecular flexibility index (Phi) is 6.20.